The second kappa shape index (κ2) is 5.40. The number of rotatable bonds is 2. The van der Waals surface area contributed by atoms with Crippen LogP contribution in [-0.4, -0.2) is 13.1 Å². The molecule has 2 aromatic rings. The fourth-order valence-corrected chi connectivity index (χ4v) is 5.29. The molecule has 1 fully saturated rings. The minimum absolute atomic E-state index is 0.664. The third kappa shape index (κ3) is 2.68. The fraction of sp³-hybridized carbons (Fsp3) is 0.250. The van der Waals surface area contributed by atoms with Crippen LogP contribution in [-0.2, 0) is 4.57 Å². The molecule has 0 saturated carbocycles. The molecular formula is C16H18ClN2OP. The lowest BCUT2D eigenvalue weighted by atomic mass is 10.2. The van der Waals surface area contributed by atoms with Crippen molar-refractivity contribution in [1.29, 1.82) is 0 Å². The van der Waals surface area contributed by atoms with Crippen molar-refractivity contribution in [2.24, 2.45) is 0 Å². The number of benzene rings is 2. The van der Waals surface area contributed by atoms with Crippen molar-refractivity contribution in [1.82, 2.24) is 0 Å². The molecule has 2 aromatic carbocycles. The Hall–Kier alpha value is -1.44. The lowest BCUT2D eigenvalue weighted by Crippen LogP contribution is -2.14. The Kier molecular flexibility index (Phi) is 3.73. The summed E-state index contributed by atoms with van der Waals surface area (Å²) in [5, 5.41) is 0. The standard InChI is InChI=1S/C16H18ClN2OP/c1-13-3-7-15(8-4-13)18-11-12-19(21(18,17)20)16-9-5-14(2)6-10-16/h3-10H,11-12H2,1-2H3. The van der Waals surface area contributed by atoms with Gasteiger partial charge in [0.1, 0.15) is 0 Å². The van der Waals surface area contributed by atoms with Gasteiger partial charge in [-0.25, -0.2) is 0 Å². The quantitative estimate of drug-likeness (QED) is 0.729. The summed E-state index contributed by atoms with van der Waals surface area (Å²) in [6.45, 7) is 2.30. The largest absolute Gasteiger partial charge is 0.352 e. The van der Waals surface area contributed by atoms with Crippen molar-refractivity contribution in [2.75, 3.05) is 22.4 Å². The van der Waals surface area contributed by atoms with Gasteiger partial charge in [-0.05, 0) is 49.4 Å². The first-order chi connectivity index (χ1) is 9.98. The van der Waals surface area contributed by atoms with Gasteiger partial charge in [0.2, 0.25) is 0 Å². The van der Waals surface area contributed by atoms with Crippen molar-refractivity contribution in [3.8, 4) is 0 Å². The normalized spacial score (nSPS) is 17.3. The van der Waals surface area contributed by atoms with E-state index in [1.165, 1.54) is 11.1 Å². The molecule has 0 aromatic heterocycles. The number of nitrogens with zero attached hydrogens (tertiary/aromatic N) is 2. The van der Waals surface area contributed by atoms with Crippen LogP contribution in [0.15, 0.2) is 48.5 Å². The average Bonchev–Trinajstić information content (AvgIpc) is 2.76. The van der Waals surface area contributed by atoms with Crippen molar-refractivity contribution in [3.63, 3.8) is 0 Å². The van der Waals surface area contributed by atoms with E-state index in [2.05, 4.69) is 0 Å². The van der Waals surface area contributed by atoms with Crippen LogP contribution < -0.4 is 9.34 Å². The van der Waals surface area contributed by atoms with E-state index in [1.807, 2.05) is 71.7 Å². The highest BCUT2D eigenvalue weighted by molar-refractivity contribution is 7.91. The van der Waals surface area contributed by atoms with Crippen LogP contribution in [0.5, 0.6) is 0 Å². The lowest BCUT2D eigenvalue weighted by Gasteiger charge is -2.27. The van der Waals surface area contributed by atoms with Gasteiger partial charge in [-0.2, -0.15) is 0 Å². The van der Waals surface area contributed by atoms with E-state index in [0.717, 1.165) is 11.4 Å². The van der Waals surface area contributed by atoms with E-state index in [-0.39, 0.29) is 0 Å². The SMILES string of the molecule is Cc1ccc(N2CCN(c3ccc(C)cc3)P2(=O)Cl)cc1. The van der Waals surface area contributed by atoms with E-state index in [4.69, 9.17) is 11.2 Å². The van der Waals surface area contributed by atoms with Gasteiger partial charge in [-0.15, -0.1) is 0 Å². The highest BCUT2D eigenvalue weighted by Crippen LogP contribution is 2.63. The van der Waals surface area contributed by atoms with Gasteiger partial charge >= 0.3 is 6.80 Å². The Morgan fingerprint density at radius 3 is 1.48 bits per heavy atom. The third-order valence-corrected chi connectivity index (χ3v) is 6.93. The van der Waals surface area contributed by atoms with Gasteiger partial charge in [-0.3, -0.25) is 13.9 Å². The summed E-state index contributed by atoms with van der Waals surface area (Å²) in [6, 6.07) is 16.0. The number of halogens is 1. The van der Waals surface area contributed by atoms with Crippen LogP contribution >= 0.6 is 18.0 Å². The molecule has 110 valence electrons. The summed E-state index contributed by atoms with van der Waals surface area (Å²) in [5.41, 5.74) is 4.18. The lowest BCUT2D eigenvalue weighted by molar-refractivity contribution is 0.584. The van der Waals surface area contributed by atoms with Crippen LogP contribution in [0.3, 0.4) is 0 Å². The van der Waals surface area contributed by atoms with Gasteiger partial charge in [0, 0.05) is 24.5 Å². The molecule has 1 saturated heterocycles. The fourth-order valence-electron chi connectivity index (χ4n) is 2.54. The highest BCUT2D eigenvalue weighted by Gasteiger charge is 2.41. The Morgan fingerprint density at radius 2 is 1.14 bits per heavy atom. The first-order valence-electron chi connectivity index (χ1n) is 6.97. The zero-order valence-electron chi connectivity index (χ0n) is 12.2. The summed E-state index contributed by atoms with van der Waals surface area (Å²) in [6.07, 6.45) is 0. The van der Waals surface area contributed by atoms with Crippen LogP contribution in [0.1, 0.15) is 11.1 Å². The topological polar surface area (TPSA) is 23.6 Å². The molecule has 0 amide bonds. The van der Waals surface area contributed by atoms with Gasteiger partial charge in [0.05, 0.1) is 0 Å². The Labute approximate surface area is 130 Å². The van der Waals surface area contributed by atoms with E-state index in [9.17, 15) is 4.57 Å². The molecule has 0 unspecified atom stereocenters. The number of hydrogen-bond donors (Lipinski definition) is 0. The molecule has 0 aliphatic carbocycles. The van der Waals surface area contributed by atoms with Crippen molar-refractivity contribution < 1.29 is 4.57 Å². The summed E-state index contributed by atoms with van der Waals surface area (Å²) in [5.74, 6) is 0. The smallest absolute Gasteiger partial charge is 0.293 e. The maximum Gasteiger partial charge on any atom is 0.352 e. The number of aryl methyl sites for hydroxylation is 2. The monoisotopic (exact) mass is 320 g/mol. The molecular weight excluding hydrogens is 303 g/mol. The number of anilines is 2. The predicted molar refractivity (Wildman–Crippen MR) is 90.5 cm³/mol. The predicted octanol–water partition coefficient (Wildman–Crippen LogP) is 4.98. The van der Waals surface area contributed by atoms with Crippen LogP contribution in [0.25, 0.3) is 0 Å². The molecule has 0 spiro atoms. The second-order valence-electron chi connectivity index (χ2n) is 5.39. The summed E-state index contributed by atoms with van der Waals surface area (Å²) in [7, 11) is 0. The van der Waals surface area contributed by atoms with Gasteiger partial charge < -0.3 is 0 Å². The summed E-state index contributed by atoms with van der Waals surface area (Å²) >= 11 is 6.46. The number of hydrogen-bond acceptors (Lipinski definition) is 1. The molecule has 5 heteroatoms. The Morgan fingerprint density at radius 1 is 0.810 bits per heavy atom. The average molecular weight is 321 g/mol. The molecule has 21 heavy (non-hydrogen) atoms. The van der Waals surface area contributed by atoms with Gasteiger partial charge in [0.25, 0.3) is 0 Å². The second-order valence-corrected chi connectivity index (χ2v) is 8.62. The van der Waals surface area contributed by atoms with Gasteiger partial charge in [-0.1, -0.05) is 35.4 Å². The zero-order chi connectivity index (χ0) is 15.0. The molecule has 1 heterocycles. The Balaban J connectivity index is 1.92. The van der Waals surface area contributed by atoms with Crippen molar-refractivity contribution in [2.45, 2.75) is 13.8 Å². The first-order valence-corrected chi connectivity index (χ1v) is 9.49. The van der Waals surface area contributed by atoms with E-state index >= 15 is 0 Å². The van der Waals surface area contributed by atoms with Crippen molar-refractivity contribution in [3.05, 3.63) is 59.7 Å². The molecule has 1 aliphatic rings. The maximum atomic E-state index is 13.1. The van der Waals surface area contributed by atoms with Gasteiger partial charge in [0.15, 0.2) is 0 Å². The molecule has 0 bridgehead atoms. The molecule has 0 N–H and O–H groups in total. The van der Waals surface area contributed by atoms with E-state index < -0.39 is 6.80 Å². The third-order valence-electron chi connectivity index (χ3n) is 3.78. The first kappa shape index (κ1) is 14.5. The molecule has 0 atom stereocenters. The van der Waals surface area contributed by atoms with Crippen molar-refractivity contribution >= 4 is 29.4 Å². The summed E-state index contributed by atoms with van der Waals surface area (Å²) < 4.78 is 16.7. The summed E-state index contributed by atoms with van der Waals surface area (Å²) in [4.78, 5) is 0. The minimum Gasteiger partial charge on any atom is -0.293 e. The Bertz CT molecular complexity index is 627. The molecule has 1 aliphatic heterocycles. The molecule has 0 radical (unpaired) electrons. The van der Waals surface area contributed by atoms with E-state index in [1.54, 1.807) is 0 Å². The molecule has 3 rings (SSSR count). The maximum absolute atomic E-state index is 13.1. The van der Waals surface area contributed by atoms with Crippen LogP contribution in [0, 0.1) is 13.8 Å². The highest BCUT2D eigenvalue weighted by atomic mass is 35.7. The van der Waals surface area contributed by atoms with E-state index in [0.29, 0.717) is 13.1 Å². The molecule has 3 nitrogen and oxygen atoms in total. The minimum atomic E-state index is -3.10. The zero-order valence-corrected chi connectivity index (χ0v) is 13.8. The van der Waals surface area contributed by atoms with Crippen LogP contribution in [0.4, 0.5) is 11.4 Å². The van der Waals surface area contributed by atoms with Crippen LogP contribution in [0.2, 0.25) is 0 Å².